The highest BCUT2D eigenvalue weighted by atomic mass is 16.7. The second-order valence-electron chi connectivity index (χ2n) is 4.89. The van der Waals surface area contributed by atoms with Crippen LogP contribution < -0.4 is 0 Å². The third-order valence-corrected chi connectivity index (χ3v) is 2.32. The molecule has 2 nitrogen and oxygen atoms in total. The van der Waals surface area contributed by atoms with E-state index in [1.165, 1.54) is 0 Å². The molecule has 0 bridgehead atoms. The molecule has 1 rings (SSSR count). The summed E-state index contributed by atoms with van der Waals surface area (Å²) in [5, 5.41) is 0. The Morgan fingerprint density at radius 1 is 0.786 bits per heavy atom. The lowest BCUT2D eigenvalue weighted by atomic mass is 10.1. The monoisotopic (exact) mass is 198 g/mol. The van der Waals surface area contributed by atoms with Crippen molar-refractivity contribution in [3.05, 3.63) is 11.5 Å². The standard InChI is InChI=1S/C12H22O2/c1-7(2)10-11(8(3)4)14-12(13-10)9(5)6/h7-9,12H,1-6H3. The van der Waals surface area contributed by atoms with Crippen molar-refractivity contribution in [2.45, 2.75) is 47.8 Å². The Morgan fingerprint density at radius 2 is 1.14 bits per heavy atom. The predicted molar refractivity (Wildman–Crippen MR) is 57.5 cm³/mol. The molecule has 0 aromatic carbocycles. The Bertz CT molecular complexity index is 206. The highest BCUT2D eigenvalue weighted by Gasteiger charge is 2.32. The molecule has 0 unspecified atom stereocenters. The zero-order valence-electron chi connectivity index (χ0n) is 10.1. The highest BCUT2D eigenvalue weighted by Crippen LogP contribution is 2.34. The lowest BCUT2D eigenvalue weighted by molar-refractivity contribution is -0.0778. The Hall–Kier alpha value is -0.660. The normalized spacial score (nSPS) is 18.4. The summed E-state index contributed by atoms with van der Waals surface area (Å²) in [4.78, 5) is 0. The van der Waals surface area contributed by atoms with Gasteiger partial charge in [0.2, 0.25) is 6.29 Å². The van der Waals surface area contributed by atoms with Crippen molar-refractivity contribution in [2.24, 2.45) is 17.8 Å². The molecule has 0 saturated carbocycles. The van der Waals surface area contributed by atoms with Gasteiger partial charge in [0.25, 0.3) is 0 Å². The topological polar surface area (TPSA) is 18.5 Å². The molecule has 0 radical (unpaired) electrons. The molecule has 2 heteroatoms. The number of hydrogen-bond donors (Lipinski definition) is 0. The van der Waals surface area contributed by atoms with Crippen LogP contribution in [0.15, 0.2) is 11.5 Å². The van der Waals surface area contributed by atoms with E-state index in [2.05, 4.69) is 41.5 Å². The first-order chi connectivity index (χ1) is 6.43. The lowest BCUT2D eigenvalue weighted by Crippen LogP contribution is -2.17. The van der Waals surface area contributed by atoms with E-state index >= 15 is 0 Å². The van der Waals surface area contributed by atoms with Gasteiger partial charge >= 0.3 is 0 Å². The van der Waals surface area contributed by atoms with Crippen LogP contribution in [0.25, 0.3) is 0 Å². The Labute approximate surface area is 87.3 Å². The van der Waals surface area contributed by atoms with Gasteiger partial charge in [0, 0.05) is 17.8 Å². The van der Waals surface area contributed by atoms with Crippen LogP contribution in [0.2, 0.25) is 0 Å². The van der Waals surface area contributed by atoms with Gasteiger partial charge in [-0.25, -0.2) is 0 Å². The first kappa shape index (κ1) is 11.4. The third kappa shape index (κ3) is 2.23. The summed E-state index contributed by atoms with van der Waals surface area (Å²) in [5.41, 5.74) is 0. The van der Waals surface area contributed by atoms with Gasteiger partial charge in [-0.05, 0) is 0 Å². The van der Waals surface area contributed by atoms with Crippen LogP contribution in [0.5, 0.6) is 0 Å². The number of allylic oxidation sites excluding steroid dienone is 2. The summed E-state index contributed by atoms with van der Waals surface area (Å²) in [6.45, 7) is 12.8. The average Bonchev–Trinajstić information content (AvgIpc) is 2.47. The van der Waals surface area contributed by atoms with Gasteiger partial charge in [-0.3, -0.25) is 0 Å². The molecule has 0 aromatic rings. The second-order valence-corrected chi connectivity index (χ2v) is 4.89. The molecular weight excluding hydrogens is 176 g/mol. The molecule has 0 spiro atoms. The van der Waals surface area contributed by atoms with Crippen LogP contribution in [0, 0.1) is 17.8 Å². The van der Waals surface area contributed by atoms with Gasteiger partial charge in [-0.2, -0.15) is 0 Å². The van der Waals surface area contributed by atoms with Crippen molar-refractivity contribution in [2.75, 3.05) is 0 Å². The molecule has 0 amide bonds. The van der Waals surface area contributed by atoms with Crippen molar-refractivity contribution in [3.8, 4) is 0 Å². The van der Waals surface area contributed by atoms with Gasteiger partial charge in [0.05, 0.1) is 0 Å². The fourth-order valence-electron chi connectivity index (χ4n) is 1.50. The van der Waals surface area contributed by atoms with Crippen molar-refractivity contribution in [3.63, 3.8) is 0 Å². The van der Waals surface area contributed by atoms with Gasteiger partial charge in [0.1, 0.15) is 11.5 Å². The molecule has 1 aliphatic heterocycles. The van der Waals surface area contributed by atoms with Crippen molar-refractivity contribution in [1.82, 2.24) is 0 Å². The quantitative estimate of drug-likeness (QED) is 0.690. The van der Waals surface area contributed by atoms with E-state index in [-0.39, 0.29) is 6.29 Å². The SMILES string of the molecule is CC(C)C1=C(C(C)C)OC(C(C)C)O1. The minimum atomic E-state index is -0.0789. The van der Waals surface area contributed by atoms with Crippen molar-refractivity contribution < 1.29 is 9.47 Å². The first-order valence-corrected chi connectivity index (χ1v) is 5.50. The number of ether oxygens (including phenoxy) is 2. The van der Waals surface area contributed by atoms with Crippen LogP contribution >= 0.6 is 0 Å². The van der Waals surface area contributed by atoms with Crippen molar-refractivity contribution >= 4 is 0 Å². The van der Waals surface area contributed by atoms with Crippen LogP contribution in [0.3, 0.4) is 0 Å². The Kier molecular flexibility index (Phi) is 3.46. The van der Waals surface area contributed by atoms with E-state index in [1.54, 1.807) is 0 Å². The summed E-state index contributed by atoms with van der Waals surface area (Å²) < 4.78 is 11.6. The molecule has 0 fully saturated rings. The summed E-state index contributed by atoms with van der Waals surface area (Å²) >= 11 is 0. The molecule has 1 heterocycles. The number of hydrogen-bond acceptors (Lipinski definition) is 2. The summed E-state index contributed by atoms with van der Waals surface area (Å²) in [7, 11) is 0. The maximum Gasteiger partial charge on any atom is 0.242 e. The smallest absolute Gasteiger partial charge is 0.242 e. The molecule has 14 heavy (non-hydrogen) atoms. The Morgan fingerprint density at radius 3 is 1.36 bits per heavy atom. The van der Waals surface area contributed by atoms with E-state index in [9.17, 15) is 0 Å². The molecule has 1 aliphatic rings. The minimum absolute atomic E-state index is 0.0789. The molecule has 0 aliphatic carbocycles. The van der Waals surface area contributed by atoms with Crippen LogP contribution in [0.4, 0.5) is 0 Å². The predicted octanol–water partition coefficient (Wildman–Crippen LogP) is 3.54. The lowest BCUT2D eigenvalue weighted by Gasteiger charge is -2.16. The maximum absolute atomic E-state index is 5.82. The fraction of sp³-hybridized carbons (Fsp3) is 0.833. The molecule has 0 aromatic heterocycles. The Balaban J connectivity index is 2.79. The first-order valence-electron chi connectivity index (χ1n) is 5.50. The zero-order valence-corrected chi connectivity index (χ0v) is 10.1. The van der Waals surface area contributed by atoms with E-state index in [0.29, 0.717) is 17.8 Å². The molecule has 0 N–H and O–H groups in total. The third-order valence-electron chi connectivity index (χ3n) is 2.32. The fourth-order valence-corrected chi connectivity index (χ4v) is 1.50. The average molecular weight is 198 g/mol. The van der Waals surface area contributed by atoms with Gasteiger partial charge in [-0.15, -0.1) is 0 Å². The molecule has 0 atom stereocenters. The van der Waals surface area contributed by atoms with E-state index in [1.807, 2.05) is 0 Å². The molecule has 0 saturated heterocycles. The van der Waals surface area contributed by atoms with Crippen LogP contribution in [-0.4, -0.2) is 6.29 Å². The zero-order chi connectivity index (χ0) is 10.9. The van der Waals surface area contributed by atoms with E-state index in [4.69, 9.17) is 9.47 Å². The van der Waals surface area contributed by atoms with Gasteiger partial charge < -0.3 is 9.47 Å². The van der Waals surface area contributed by atoms with E-state index in [0.717, 1.165) is 11.5 Å². The van der Waals surface area contributed by atoms with Crippen LogP contribution in [0.1, 0.15) is 41.5 Å². The van der Waals surface area contributed by atoms with Gasteiger partial charge in [-0.1, -0.05) is 41.5 Å². The summed E-state index contributed by atoms with van der Waals surface area (Å²) in [5.74, 6) is 3.31. The van der Waals surface area contributed by atoms with Crippen LogP contribution in [-0.2, 0) is 9.47 Å². The molecule has 82 valence electrons. The molecular formula is C12H22O2. The van der Waals surface area contributed by atoms with E-state index < -0.39 is 0 Å². The number of rotatable bonds is 3. The minimum Gasteiger partial charge on any atom is -0.455 e. The highest BCUT2D eigenvalue weighted by molar-refractivity contribution is 5.10. The summed E-state index contributed by atoms with van der Waals surface area (Å²) in [6, 6.07) is 0. The maximum atomic E-state index is 5.82. The largest absolute Gasteiger partial charge is 0.455 e. The summed E-state index contributed by atoms with van der Waals surface area (Å²) in [6.07, 6.45) is -0.0789. The van der Waals surface area contributed by atoms with Gasteiger partial charge in [0.15, 0.2) is 0 Å². The second kappa shape index (κ2) is 4.24. The van der Waals surface area contributed by atoms with Crippen molar-refractivity contribution in [1.29, 1.82) is 0 Å².